The van der Waals surface area contributed by atoms with E-state index in [4.69, 9.17) is 0 Å². The molecule has 150 valence electrons. The highest BCUT2D eigenvalue weighted by atomic mass is 16.3. The number of rotatable bonds is 4. The molecule has 2 aromatic heterocycles. The largest absolute Gasteiger partial charge is 0.392 e. The number of carbonyl (C=O) groups excluding carboxylic acids is 1. The molecule has 1 N–H and O–H groups in total. The summed E-state index contributed by atoms with van der Waals surface area (Å²) in [7, 11) is 0. The lowest BCUT2D eigenvalue weighted by Crippen LogP contribution is -2.35. The number of fused-ring (bicyclic) bond motifs is 2. The Morgan fingerprint density at radius 2 is 1.80 bits per heavy atom. The fourth-order valence-electron chi connectivity index (χ4n) is 4.08. The lowest BCUT2D eigenvalue weighted by atomic mass is 10.1. The predicted molar refractivity (Wildman–Crippen MR) is 113 cm³/mol. The third-order valence-corrected chi connectivity index (χ3v) is 5.56. The van der Waals surface area contributed by atoms with Crippen molar-refractivity contribution in [3.05, 3.63) is 88.5 Å². The number of anilines is 1. The molecule has 1 amide bonds. The Morgan fingerprint density at radius 3 is 2.60 bits per heavy atom. The first-order chi connectivity index (χ1) is 14.7. The SMILES string of the molecule is O=C(Cn1ccn2nc(-c3ccccc3)c(CO)c2c1=O)N1CCc2ccccc21. The molecule has 2 aromatic carbocycles. The van der Waals surface area contributed by atoms with Gasteiger partial charge in [0.1, 0.15) is 12.1 Å². The molecule has 0 aliphatic carbocycles. The van der Waals surface area contributed by atoms with E-state index >= 15 is 0 Å². The standard InChI is InChI=1S/C23H20N4O3/c28-15-18-21(17-7-2-1-3-8-17)24-27-13-12-25(23(30)22(18)27)14-20(29)26-11-10-16-6-4-5-9-19(16)26/h1-9,12-13,28H,10-11,14-15H2. The molecule has 0 fully saturated rings. The number of hydrogen-bond acceptors (Lipinski definition) is 4. The molecular formula is C23H20N4O3. The summed E-state index contributed by atoms with van der Waals surface area (Å²) in [6.07, 6.45) is 4.03. The number of amides is 1. The monoisotopic (exact) mass is 400 g/mol. The van der Waals surface area contributed by atoms with Gasteiger partial charge >= 0.3 is 0 Å². The van der Waals surface area contributed by atoms with E-state index in [1.807, 2.05) is 54.6 Å². The molecule has 5 rings (SSSR count). The van der Waals surface area contributed by atoms with Crippen LogP contribution in [-0.4, -0.2) is 31.7 Å². The number of aliphatic hydroxyl groups is 1. The Hall–Kier alpha value is -3.71. The van der Waals surface area contributed by atoms with Crippen molar-refractivity contribution in [3.63, 3.8) is 0 Å². The molecule has 0 spiro atoms. The average molecular weight is 400 g/mol. The zero-order chi connectivity index (χ0) is 20.7. The van der Waals surface area contributed by atoms with Crippen LogP contribution in [0.25, 0.3) is 16.8 Å². The Balaban J connectivity index is 1.53. The fourth-order valence-corrected chi connectivity index (χ4v) is 4.08. The minimum absolute atomic E-state index is 0.0691. The highest BCUT2D eigenvalue weighted by molar-refractivity contribution is 5.95. The van der Waals surface area contributed by atoms with Gasteiger partial charge in [0.25, 0.3) is 5.56 Å². The second-order valence-corrected chi connectivity index (χ2v) is 7.30. The van der Waals surface area contributed by atoms with Gasteiger partial charge in [-0.15, -0.1) is 0 Å². The highest BCUT2D eigenvalue weighted by Crippen LogP contribution is 2.28. The first kappa shape index (κ1) is 18.3. The van der Waals surface area contributed by atoms with Crippen molar-refractivity contribution in [2.75, 3.05) is 11.4 Å². The van der Waals surface area contributed by atoms with Gasteiger partial charge in [0.2, 0.25) is 5.91 Å². The van der Waals surface area contributed by atoms with Crippen molar-refractivity contribution >= 4 is 17.1 Å². The second kappa shape index (κ2) is 7.27. The van der Waals surface area contributed by atoms with Crippen molar-refractivity contribution in [1.29, 1.82) is 0 Å². The molecule has 0 saturated carbocycles. The van der Waals surface area contributed by atoms with Gasteiger partial charge in [-0.1, -0.05) is 48.5 Å². The maximum Gasteiger partial charge on any atom is 0.277 e. The molecular weight excluding hydrogens is 380 g/mol. The summed E-state index contributed by atoms with van der Waals surface area (Å²) in [4.78, 5) is 27.8. The van der Waals surface area contributed by atoms with Crippen molar-refractivity contribution in [3.8, 4) is 11.3 Å². The van der Waals surface area contributed by atoms with Gasteiger partial charge in [0, 0.05) is 35.8 Å². The summed E-state index contributed by atoms with van der Waals surface area (Å²) < 4.78 is 2.86. The molecule has 0 saturated heterocycles. The van der Waals surface area contributed by atoms with Gasteiger partial charge in [-0.05, 0) is 18.1 Å². The van der Waals surface area contributed by atoms with Crippen molar-refractivity contribution in [1.82, 2.24) is 14.2 Å². The Kier molecular flexibility index (Phi) is 4.44. The van der Waals surface area contributed by atoms with Crippen LogP contribution in [0.15, 0.2) is 71.8 Å². The summed E-state index contributed by atoms with van der Waals surface area (Å²) in [5, 5.41) is 14.5. The van der Waals surface area contributed by atoms with Crippen LogP contribution in [0.4, 0.5) is 5.69 Å². The Morgan fingerprint density at radius 1 is 1.03 bits per heavy atom. The lowest BCUT2D eigenvalue weighted by Gasteiger charge is -2.18. The third kappa shape index (κ3) is 2.91. The maximum absolute atomic E-state index is 13.2. The number of hydrogen-bond donors (Lipinski definition) is 1. The highest BCUT2D eigenvalue weighted by Gasteiger charge is 2.25. The van der Waals surface area contributed by atoms with E-state index in [-0.39, 0.29) is 30.1 Å². The molecule has 0 radical (unpaired) electrons. The minimum Gasteiger partial charge on any atom is -0.392 e. The second-order valence-electron chi connectivity index (χ2n) is 7.30. The van der Waals surface area contributed by atoms with Crippen LogP contribution in [0.2, 0.25) is 0 Å². The van der Waals surface area contributed by atoms with E-state index in [1.54, 1.807) is 17.3 Å². The summed E-state index contributed by atoms with van der Waals surface area (Å²) in [5.41, 5.74) is 3.82. The lowest BCUT2D eigenvalue weighted by molar-refractivity contribution is -0.119. The molecule has 1 aliphatic rings. The number of aromatic nitrogens is 3. The first-order valence-electron chi connectivity index (χ1n) is 9.82. The molecule has 1 aliphatic heterocycles. The van der Waals surface area contributed by atoms with E-state index in [9.17, 15) is 14.7 Å². The summed E-state index contributed by atoms with van der Waals surface area (Å²) in [5.74, 6) is -0.139. The molecule has 7 heteroatoms. The zero-order valence-corrected chi connectivity index (χ0v) is 16.2. The molecule has 30 heavy (non-hydrogen) atoms. The molecule has 7 nitrogen and oxygen atoms in total. The van der Waals surface area contributed by atoms with Crippen LogP contribution in [0.1, 0.15) is 11.1 Å². The predicted octanol–water partition coefficient (Wildman–Crippen LogP) is 2.24. The molecule has 3 heterocycles. The van der Waals surface area contributed by atoms with Crippen LogP contribution in [-0.2, 0) is 24.4 Å². The Bertz CT molecular complexity index is 1310. The summed E-state index contributed by atoms with van der Waals surface area (Å²) in [6, 6.07) is 17.2. The van der Waals surface area contributed by atoms with Crippen LogP contribution < -0.4 is 10.5 Å². The van der Waals surface area contributed by atoms with Crippen LogP contribution in [0.5, 0.6) is 0 Å². The topological polar surface area (TPSA) is 79.8 Å². The van der Waals surface area contributed by atoms with Gasteiger partial charge in [0.15, 0.2) is 0 Å². The molecule has 0 bridgehead atoms. The van der Waals surface area contributed by atoms with Crippen molar-refractivity contribution in [2.24, 2.45) is 0 Å². The summed E-state index contributed by atoms with van der Waals surface area (Å²) in [6.45, 7) is 0.225. The third-order valence-electron chi connectivity index (χ3n) is 5.56. The van der Waals surface area contributed by atoms with Gasteiger partial charge in [-0.3, -0.25) is 9.59 Å². The quantitative estimate of drug-likeness (QED) is 0.570. The van der Waals surface area contributed by atoms with Crippen molar-refractivity contribution < 1.29 is 9.90 Å². The van der Waals surface area contributed by atoms with E-state index in [2.05, 4.69) is 5.10 Å². The van der Waals surface area contributed by atoms with Gasteiger partial charge < -0.3 is 14.6 Å². The number of benzene rings is 2. The van der Waals surface area contributed by atoms with Crippen LogP contribution >= 0.6 is 0 Å². The van der Waals surface area contributed by atoms with Gasteiger partial charge in [0.05, 0.1) is 12.3 Å². The smallest absolute Gasteiger partial charge is 0.277 e. The van der Waals surface area contributed by atoms with E-state index in [1.165, 1.54) is 9.08 Å². The number of aliphatic hydroxyl groups excluding tert-OH is 1. The summed E-state index contributed by atoms with van der Waals surface area (Å²) >= 11 is 0. The van der Waals surface area contributed by atoms with E-state index < -0.39 is 0 Å². The zero-order valence-electron chi connectivity index (χ0n) is 16.2. The maximum atomic E-state index is 13.2. The van der Waals surface area contributed by atoms with E-state index in [0.29, 0.717) is 17.8 Å². The van der Waals surface area contributed by atoms with Crippen molar-refractivity contribution in [2.45, 2.75) is 19.6 Å². The minimum atomic E-state index is -0.350. The number of para-hydroxylation sites is 1. The van der Waals surface area contributed by atoms with Gasteiger partial charge in [-0.2, -0.15) is 5.10 Å². The first-order valence-corrected chi connectivity index (χ1v) is 9.82. The van der Waals surface area contributed by atoms with Crippen LogP contribution in [0.3, 0.4) is 0 Å². The molecule has 0 atom stereocenters. The number of nitrogens with zero attached hydrogens (tertiary/aromatic N) is 4. The Labute approximate surface area is 172 Å². The molecule has 4 aromatic rings. The average Bonchev–Trinajstić information content (AvgIpc) is 3.38. The van der Waals surface area contributed by atoms with Crippen LogP contribution in [0, 0.1) is 0 Å². The fraction of sp³-hybridized carbons (Fsp3) is 0.174. The van der Waals surface area contributed by atoms with Gasteiger partial charge in [-0.25, -0.2) is 4.52 Å². The number of carbonyl (C=O) groups is 1. The molecule has 0 unspecified atom stereocenters. The normalized spacial score (nSPS) is 13.0. The van der Waals surface area contributed by atoms with E-state index in [0.717, 1.165) is 23.2 Å².